The number of aromatic nitrogens is 2. The highest BCUT2D eigenvalue weighted by Gasteiger charge is 2.26. The van der Waals surface area contributed by atoms with Crippen molar-refractivity contribution in [1.29, 1.82) is 0 Å². The van der Waals surface area contributed by atoms with Crippen LogP contribution in [0.3, 0.4) is 0 Å². The summed E-state index contributed by atoms with van der Waals surface area (Å²) >= 11 is 0. The molecule has 0 saturated carbocycles. The molecule has 0 saturated heterocycles. The normalized spacial score (nSPS) is 12.4. The number of nitrogens with zero attached hydrogens (tertiary/aromatic N) is 3. The number of methoxy groups -OCH3 is 1. The molecule has 0 fully saturated rings. The highest BCUT2D eigenvalue weighted by molar-refractivity contribution is 5.75. The fourth-order valence-electron chi connectivity index (χ4n) is 2.53. The molecule has 1 aromatic heterocycles. The zero-order valence-corrected chi connectivity index (χ0v) is 13.4. The van der Waals surface area contributed by atoms with Gasteiger partial charge in [-0.3, -0.25) is 9.69 Å². The van der Waals surface area contributed by atoms with Crippen molar-refractivity contribution in [2.45, 2.75) is 26.1 Å². The van der Waals surface area contributed by atoms with E-state index in [9.17, 15) is 14.3 Å². The molecule has 1 heterocycles. The number of carboxylic acid groups (broad SMARTS) is 1. The molecule has 1 atom stereocenters. The van der Waals surface area contributed by atoms with Crippen molar-refractivity contribution in [2.75, 3.05) is 14.2 Å². The van der Waals surface area contributed by atoms with Crippen LogP contribution in [0.1, 0.15) is 24.4 Å². The number of halogens is 1. The van der Waals surface area contributed by atoms with E-state index in [0.29, 0.717) is 12.1 Å². The Morgan fingerprint density at radius 3 is 2.83 bits per heavy atom. The summed E-state index contributed by atoms with van der Waals surface area (Å²) in [6, 6.07) is 3.21. The molecule has 0 aliphatic rings. The van der Waals surface area contributed by atoms with E-state index in [4.69, 9.17) is 4.74 Å². The minimum atomic E-state index is -1.05. The fourth-order valence-corrected chi connectivity index (χ4v) is 2.53. The van der Waals surface area contributed by atoms with Gasteiger partial charge in [-0.2, -0.15) is 0 Å². The predicted molar refractivity (Wildman–Crippen MR) is 82.7 cm³/mol. The van der Waals surface area contributed by atoms with Gasteiger partial charge < -0.3 is 14.4 Å². The van der Waals surface area contributed by atoms with Gasteiger partial charge in [-0.1, -0.05) is 6.07 Å². The zero-order valence-electron chi connectivity index (χ0n) is 13.4. The van der Waals surface area contributed by atoms with Crippen molar-refractivity contribution in [3.8, 4) is 5.75 Å². The predicted octanol–water partition coefficient (Wildman–Crippen LogP) is 2.31. The molecule has 0 bridgehead atoms. The first-order valence-electron chi connectivity index (χ1n) is 7.24. The van der Waals surface area contributed by atoms with E-state index in [1.54, 1.807) is 24.2 Å². The molecule has 124 valence electrons. The average Bonchev–Trinajstić information content (AvgIpc) is 2.94. The van der Waals surface area contributed by atoms with E-state index in [1.165, 1.54) is 19.2 Å². The van der Waals surface area contributed by atoms with Crippen LogP contribution in [-0.2, 0) is 17.9 Å². The molecule has 0 spiro atoms. The van der Waals surface area contributed by atoms with Crippen molar-refractivity contribution < 1.29 is 19.0 Å². The largest absolute Gasteiger partial charge is 0.494 e. The maximum atomic E-state index is 13.9. The second-order valence-electron chi connectivity index (χ2n) is 5.18. The first-order valence-corrected chi connectivity index (χ1v) is 7.24. The molecule has 1 N–H and O–H groups in total. The Kier molecular flexibility index (Phi) is 5.33. The van der Waals surface area contributed by atoms with Crippen LogP contribution in [0.25, 0.3) is 0 Å². The van der Waals surface area contributed by atoms with Gasteiger partial charge in [0.1, 0.15) is 11.9 Å². The number of rotatable bonds is 7. The summed E-state index contributed by atoms with van der Waals surface area (Å²) in [7, 11) is 3.04. The van der Waals surface area contributed by atoms with Crippen LogP contribution in [0.15, 0.2) is 30.6 Å². The molecule has 2 rings (SSSR count). The number of imidazole rings is 1. The first-order chi connectivity index (χ1) is 11.0. The Balaban J connectivity index is 2.27. The van der Waals surface area contributed by atoms with Gasteiger partial charge in [0.15, 0.2) is 11.6 Å². The van der Waals surface area contributed by atoms with Crippen molar-refractivity contribution in [2.24, 2.45) is 0 Å². The molecule has 23 heavy (non-hydrogen) atoms. The van der Waals surface area contributed by atoms with Gasteiger partial charge in [0, 0.05) is 18.9 Å². The van der Waals surface area contributed by atoms with Gasteiger partial charge in [0.2, 0.25) is 0 Å². The Hall–Kier alpha value is -2.41. The zero-order chi connectivity index (χ0) is 17.0. The monoisotopic (exact) mass is 321 g/mol. The van der Waals surface area contributed by atoms with Gasteiger partial charge in [-0.25, -0.2) is 9.37 Å². The van der Waals surface area contributed by atoms with E-state index in [1.807, 2.05) is 17.7 Å². The third kappa shape index (κ3) is 3.68. The highest BCUT2D eigenvalue weighted by Crippen LogP contribution is 2.26. The third-order valence-electron chi connectivity index (χ3n) is 3.70. The smallest absolute Gasteiger partial charge is 0.325 e. The van der Waals surface area contributed by atoms with Crippen LogP contribution in [0.2, 0.25) is 0 Å². The van der Waals surface area contributed by atoms with Crippen molar-refractivity contribution >= 4 is 5.97 Å². The summed E-state index contributed by atoms with van der Waals surface area (Å²) in [5.74, 6) is -0.788. The van der Waals surface area contributed by atoms with Crippen LogP contribution >= 0.6 is 0 Å². The molecule has 0 radical (unpaired) electrons. The lowest BCUT2D eigenvalue weighted by atomic mass is 10.1. The number of benzene rings is 1. The van der Waals surface area contributed by atoms with Crippen LogP contribution in [0, 0.1) is 5.82 Å². The molecule has 6 nitrogen and oxygen atoms in total. The highest BCUT2D eigenvalue weighted by atomic mass is 19.1. The van der Waals surface area contributed by atoms with Crippen LogP contribution in [-0.4, -0.2) is 39.7 Å². The molecule has 0 aliphatic heterocycles. The summed E-state index contributed by atoms with van der Waals surface area (Å²) in [4.78, 5) is 17.5. The number of hydrogen-bond acceptors (Lipinski definition) is 4. The Morgan fingerprint density at radius 2 is 2.26 bits per heavy atom. The standard InChI is InChI=1S/C16H20FN3O3/c1-4-20-8-7-18-14(20)10-19(2)15(16(21)22)11-5-6-13(23-3)12(17)9-11/h5-9,15H,4,10H2,1-3H3,(H,21,22). The van der Waals surface area contributed by atoms with E-state index >= 15 is 0 Å². The number of hydrogen-bond donors (Lipinski definition) is 1. The average molecular weight is 321 g/mol. The minimum absolute atomic E-state index is 0.0852. The van der Waals surface area contributed by atoms with E-state index in [-0.39, 0.29) is 5.75 Å². The SMILES string of the molecule is CCn1ccnc1CN(C)C(C(=O)O)c1ccc(OC)c(F)c1. The second-order valence-corrected chi connectivity index (χ2v) is 5.18. The summed E-state index contributed by atoms with van der Waals surface area (Å²) in [6.45, 7) is 3.07. The minimum Gasteiger partial charge on any atom is -0.494 e. The lowest BCUT2D eigenvalue weighted by molar-refractivity contribution is -0.143. The summed E-state index contributed by atoms with van der Waals surface area (Å²) in [6.07, 6.45) is 3.52. The van der Waals surface area contributed by atoms with Crippen molar-refractivity contribution in [1.82, 2.24) is 14.5 Å². The fraction of sp³-hybridized carbons (Fsp3) is 0.375. The van der Waals surface area contributed by atoms with Crippen molar-refractivity contribution in [3.05, 3.63) is 47.8 Å². The number of aliphatic carboxylic acids is 1. The molecule has 2 aromatic rings. The Bertz CT molecular complexity index is 687. The van der Waals surface area contributed by atoms with Gasteiger partial charge in [-0.05, 0) is 31.7 Å². The third-order valence-corrected chi connectivity index (χ3v) is 3.70. The lowest BCUT2D eigenvalue weighted by Gasteiger charge is -2.25. The van der Waals surface area contributed by atoms with Gasteiger partial charge in [0.25, 0.3) is 0 Å². The molecule has 7 heteroatoms. The maximum absolute atomic E-state index is 13.9. The number of carboxylic acids is 1. The summed E-state index contributed by atoms with van der Waals surface area (Å²) in [5.41, 5.74) is 0.355. The van der Waals surface area contributed by atoms with Crippen molar-refractivity contribution in [3.63, 3.8) is 0 Å². The van der Waals surface area contributed by atoms with Gasteiger partial charge >= 0.3 is 5.97 Å². The lowest BCUT2D eigenvalue weighted by Crippen LogP contribution is -2.31. The number of aryl methyl sites for hydroxylation is 1. The Labute approximate surface area is 134 Å². The molecular formula is C16H20FN3O3. The first kappa shape index (κ1) is 17.0. The summed E-state index contributed by atoms with van der Waals surface area (Å²) < 4.78 is 20.7. The summed E-state index contributed by atoms with van der Waals surface area (Å²) in [5, 5.41) is 9.55. The van der Waals surface area contributed by atoms with Gasteiger partial charge in [0.05, 0.1) is 13.7 Å². The number of carbonyl (C=O) groups is 1. The van der Waals surface area contributed by atoms with Crippen LogP contribution < -0.4 is 4.74 Å². The van der Waals surface area contributed by atoms with E-state index in [2.05, 4.69) is 4.98 Å². The topological polar surface area (TPSA) is 67.6 Å². The van der Waals surface area contributed by atoms with Crippen LogP contribution in [0.5, 0.6) is 5.75 Å². The Morgan fingerprint density at radius 1 is 1.52 bits per heavy atom. The van der Waals surface area contributed by atoms with Gasteiger partial charge in [-0.15, -0.1) is 0 Å². The quantitative estimate of drug-likeness (QED) is 0.847. The molecule has 0 aliphatic carbocycles. The second kappa shape index (κ2) is 7.23. The number of likely N-dealkylation sites (N-methyl/N-ethyl adjacent to an activating group) is 1. The van der Waals surface area contributed by atoms with E-state index < -0.39 is 17.8 Å². The maximum Gasteiger partial charge on any atom is 0.325 e. The molecule has 1 unspecified atom stereocenters. The van der Waals surface area contributed by atoms with E-state index in [0.717, 1.165) is 12.4 Å². The molecule has 1 aromatic carbocycles. The van der Waals surface area contributed by atoms with Crippen LogP contribution in [0.4, 0.5) is 4.39 Å². The molecular weight excluding hydrogens is 301 g/mol. The number of ether oxygens (including phenoxy) is 1. The molecule has 0 amide bonds.